The van der Waals surface area contributed by atoms with Crippen LogP contribution >= 0.6 is 0 Å². The van der Waals surface area contributed by atoms with Gasteiger partial charge in [-0.2, -0.15) is 0 Å². The van der Waals surface area contributed by atoms with E-state index in [2.05, 4.69) is 65.0 Å². The van der Waals surface area contributed by atoms with Gasteiger partial charge in [-0.1, -0.05) is 65.6 Å². The molecule has 47 heavy (non-hydrogen) atoms. The Bertz CT molecular complexity index is 1600. The Balaban J connectivity index is 1.13. The number of aromatic nitrogens is 1. The van der Waals surface area contributed by atoms with Crippen molar-refractivity contribution in [2.75, 3.05) is 7.11 Å². The summed E-state index contributed by atoms with van der Waals surface area (Å²) in [5.41, 5.74) is 2.88. The van der Waals surface area contributed by atoms with E-state index >= 15 is 0 Å². The predicted molar refractivity (Wildman–Crippen MR) is 184 cm³/mol. The van der Waals surface area contributed by atoms with Crippen LogP contribution in [0.1, 0.15) is 118 Å². The van der Waals surface area contributed by atoms with E-state index in [0.717, 1.165) is 55.5 Å². The fourth-order valence-corrected chi connectivity index (χ4v) is 12.2. The molecule has 0 spiro atoms. The molecule has 2 unspecified atom stereocenters. The van der Waals surface area contributed by atoms with Crippen LogP contribution in [-0.4, -0.2) is 24.0 Å². The SMILES string of the molecule is COc1ccc(-c2cc(CNC(=O)[C@@]3(C)CC[C@]4(C)CC[C@@]5(C)C(=CC(=O)C6[C@@]7(C)CCCC(C)(C)C7CC[C@]65C)[C@@H]4C3)on2)cc1. The van der Waals surface area contributed by atoms with E-state index in [-0.39, 0.29) is 44.8 Å². The highest BCUT2D eigenvalue weighted by Gasteiger charge is 2.69. The highest BCUT2D eigenvalue weighted by Crippen LogP contribution is 2.75. The number of carbonyl (C=O) groups is 2. The number of carbonyl (C=O) groups excluding carboxylic acids is 2. The Morgan fingerprint density at radius 2 is 1.68 bits per heavy atom. The van der Waals surface area contributed by atoms with E-state index in [1.807, 2.05) is 30.3 Å². The van der Waals surface area contributed by atoms with Crippen molar-refractivity contribution in [2.24, 2.45) is 50.2 Å². The summed E-state index contributed by atoms with van der Waals surface area (Å²) in [4.78, 5) is 28.6. The maximum absolute atomic E-state index is 14.6. The van der Waals surface area contributed by atoms with E-state index in [0.29, 0.717) is 24.0 Å². The largest absolute Gasteiger partial charge is 0.497 e. The van der Waals surface area contributed by atoms with Crippen LogP contribution in [0.5, 0.6) is 5.75 Å². The zero-order valence-corrected chi connectivity index (χ0v) is 30.1. The number of nitrogens with one attached hydrogen (secondary N) is 1. The van der Waals surface area contributed by atoms with Crippen LogP contribution in [0.15, 0.2) is 46.5 Å². The van der Waals surface area contributed by atoms with Crippen LogP contribution < -0.4 is 10.1 Å². The first kappa shape index (κ1) is 32.6. The second-order valence-electron chi connectivity index (χ2n) is 18.2. The molecule has 0 aliphatic heterocycles. The van der Waals surface area contributed by atoms with Gasteiger partial charge in [0.1, 0.15) is 11.4 Å². The molecule has 2 aromatic rings. The molecule has 0 radical (unpaired) electrons. The third-order valence-electron chi connectivity index (χ3n) is 15.2. The van der Waals surface area contributed by atoms with Crippen molar-refractivity contribution < 1.29 is 18.8 Å². The molecule has 7 rings (SSSR count). The van der Waals surface area contributed by atoms with Crippen LogP contribution in [0.4, 0.5) is 0 Å². The lowest BCUT2D eigenvalue weighted by Crippen LogP contribution is -2.65. The third-order valence-corrected chi connectivity index (χ3v) is 15.2. The topological polar surface area (TPSA) is 81.4 Å². The molecule has 1 aromatic carbocycles. The Morgan fingerprint density at radius 3 is 2.40 bits per heavy atom. The lowest BCUT2D eigenvalue weighted by molar-refractivity contribution is -0.185. The molecule has 5 aliphatic rings. The number of fused-ring (bicyclic) bond motifs is 7. The molecule has 5 aliphatic carbocycles. The highest BCUT2D eigenvalue weighted by atomic mass is 16.5. The average molecular weight is 641 g/mol. The number of hydrogen-bond donors (Lipinski definition) is 1. The first-order chi connectivity index (χ1) is 22.1. The maximum atomic E-state index is 14.6. The Morgan fingerprint density at radius 1 is 0.957 bits per heavy atom. The molecular weight excluding hydrogens is 584 g/mol. The van der Waals surface area contributed by atoms with Crippen LogP contribution in [0.2, 0.25) is 0 Å². The summed E-state index contributed by atoms with van der Waals surface area (Å²) >= 11 is 0. The highest BCUT2D eigenvalue weighted by molar-refractivity contribution is 5.95. The van der Waals surface area contributed by atoms with Gasteiger partial charge in [0.05, 0.1) is 13.7 Å². The van der Waals surface area contributed by atoms with Gasteiger partial charge in [-0.25, -0.2) is 0 Å². The lowest BCUT2D eigenvalue weighted by atomic mass is 9.33. The van der Waals surface area contributed by atoms with Gasteiger partial charge in [0.25, 0.3) is 0 Å². The minimum Gasteiger partial charge on any atom is -0.497 e. The summed E-state index contributed by atoms with van der Waals surface area (Å²) in [6.07, 6.45) is 13.1. The molecule has 1 aromatic heterocycles. The molecule has 4 fully saturated rings. The molecule has 8 atom stereocenters. The number of hydrogen-bond acceptors (Lipinski definition) is 5. The van der Waals surface area contributed by atoms with Crippen molar-refractivity contribution in [1.82, 2.24) is 10.5 Å². The van der Waals surface area contributed by atoms with E-state index in [9.17, 15) is 9.59 Å². The normalized spacial score (nSPS) is 40.6. The quantitative estimate of drug-likeness (QED) is 0.352. The fourth-order valence-electron chi connectivity index (χ4n) is 12.2. The smallest absolute Gasteiger partial charge is 0.226 e. The summed E-state index contributed by atoms with van der Waals surface area (Å²) in [5.74, 6) is 2.77. The van der Waals surface area contributed by atoms with Crippen molar-refractivity contribution in [3.05, 3.63) is 47.7 Å². The van der Waals surface area contributed by atoms with Crippen molar-refractivity contribution >= 4 is 11.7 Å². The first-order valence-electron chi connectivity index (χ1n) is 18.2. The van der Waals surface area contributed by atoms with E-state index in [1.54, 1.807) is 7.11 Å². The van der Waals surface area contributed by atoms with Crippen LogP contribution in [-0.2, 0) is 16.1 Å². The number of ketones is 1. The average Bonchev–Trinajstić information content (AvgIpc) is 3.50. The predicted octanol–water partition coefficient (Wildman–Crippen LogP) is 9.34. The van der Waals surface area contributed by atoms with Gasteiger partial charge in [-0.05, 0) is 127 Å². The van der Waals surface area contributed by atoms with Crippen molar-refractivity contribution in [3.8, 4) is 17.0 Å². The second-order valence-corrected chi connectivity index (χ2v) is 18.2. The summed E-state index contributed by atoms with van der Waals surface area (Å²) in [6, 6.07) is 9.60. The number of ether oxygens (including phenoxy) is 1. The van der Waals surface area contributed by atoms with Crippen molar-refractivity contribution in [1.29, 1.82) is 0 Å². The molecule has 4 saturated carbocycles. The van der Waals surface area contributed by atoms with Gasteiger partial charge in [-0.3, -0.25) is 9.59 Å². The monoisotopic (exact) mass is 640 g/mol. The molecular formula is C41H56N2O4. The van der Waals surface area contributed by atoms with E-state index in [4.69, 9.17) is 9.26 Å². The Kier molecular flexibility index (Phi) is 7.51. The molecule has 6 heteroatoms. The lowest BCUT2D eigenvalue weighted by Gasteiger charge is -2.70. The Labute approximate surface area is 281 Å². The van der Waals surface area contributed by atoms with E-state index < -0.39 is 5.41 Å². The summed E-state index contributed by atoms with van der Waals surface area (Å²) < 4.78 is 10.9. The summed E-state index contributed by atoms with van der Waals surface area (Å²) in [5, 5.41) is 7.45. The minimum absolute atomic E-state index is 0.0300. The number of allylic oxidation sites excluding steroid dienone is 2. The molecule has 1 heterocycles. The van der Waals surface area contributed by atoms with Crippen LogP contribution in [0.3, 0.4) is 0 Å². The number of amides is 1. The number of benzene rings is 1. The molecule has 1 N–H and O–H groups in total. The number of rotatable bonds is 5. The van der Waals surface area contributed by atoms with Gasteiger partial charge >= 0.3 is 0 Å². The summed E-state index contributed by atoms with van der Waals surface area (Å²) in [6.45, 7) is 17.3. The second kappa shape index (κ2) is 10.8. The molecule has 0 bridgehead atoms. The van der Waals surface area contributed by atoms with Gasteiger partial charge < -0.3 is 14.6 Å². The minimum atomic E-state index is -0.514. The molecule has 0 saturated heterocycles. The molecule has 254 valence electrons. The van der Waals surface area contributed by atoms with Gasteiger partial charge in [-0.15, -0.1) is 0 Å². The molecule has 1 amide bonds. The van der Waals surface area contributed by atoms with Crippen molar-refractivity contribution in [2.45, 2.75) is 119 Å². The van der Waals surface area contributed by atoms with Crippen LogP contribution in [0.25, 0.3) is 11.3 Å². The zero-order chi connectivity index (χ0) is 33.6. The number of nitrogens with zero attached hydrogens (tertiary/aromatic N) is 1. The zero-order valence-electron chi connectivity index (χ0n) is 30.1. The first-order valence-corrected chi connectivity index (χ1v) is 18.2. The third kappa shape index (κ3) is 4.81. The standard InChI is InChI=1S/C41H56N2O4/c1-36(2)15-9-16-39(5)33(36)14-17-41(7)34(39)32(44)23-29-30-24-38(4,19-18-37(30,3)20-21-40(29,41)6)35(45)42-25-28-22-31(43-47-28)26-10-12-27(46-8)13-11-26/h10-13,22-23,30,33-34H,9,14-21,24-25H2,1-8H3,(H,42,45)/t30-,33?,34?,37+,38-,39-,40-,41+/m0/s1. The maximum Gasteiger partial charge on any atom is 0.226 e. The van der Waals surface area contributed by atoms with Crippen LogP contribution in [0, 0.1) is 50.2 Å². The molecule has 6 nitrogen and oxygen atoms in total. The van der Waals surface area contributed by atoms with Gasteiger partial charge in [0.2, 0.25) is 5.91 Å². The number of methoxy groups -OCH3 is 1. The fraction of sp³-hybridized carbons (Fsp3) is 0.683. The van der Waals surface area contributed by atoms with Gasteiger partial charge in [0, 0.05) is 23.0 Å². The van der Waals surface area contributed by atoms with Gasteiger partial charge in [0.15, 0.2) is 11.5 Å². The summed E-state index contributed by atoms with van der Waals surface area (Å²) in [7, 11) is 1.65. The van der Waals surface area contributed by atoms with E-state index in [1.165, 1.54) is 31.3 Å². The van der Waals surface area contributed by atoms with Crippen molar-refractivity contribution in [3.63, 3.8) is 0 Å². The Hall–Kier alpha value is -2.89.